The zero-order chi connectivity index (χ0) is 21.3. The molecule has 7 heteroatoms. The average Bonchev–Trinajstić information content (AvgIpc) is 2.63. The summed E-state index contributed by atoms with van der Waals surface area (Å²) in [6.45, 7) is 3.18. The number of carbonyl (C=O) groups is 1. The number of nitrogens with one attached hydrogen (secondary N) is 1. The lowest BCUT2D eigenvalue weighted by Gasteiger charge is -2.13. The molecule has 150 valence electrons. The van der Waals surface area contributed by atoms with Gasteiger partial charge in [-0.1, -0.05) is 18.2 Å². The van der Waals surface area contributed by atoms with Gasteiger partial charge in [-0.05, 0) is 66.9 Å². The summed E-state index contributed by atoms with van der Waals surface area (Å²) in [6.07, 6.45) is -4.49. The third kappa shape index (κ3) is 4.39. The second-order valence-corrected chi connectivity index (χ2v) is 6.70. The van der Waals surface area contributed by atoms with Crippen LogP contribution in [-0.2, 0) is 6.18 Å². The van der Waals surface area contributed by atoms with Crippen LogP contribution in [0.3, 0.4) is 0 Å². The third-order valence-corrected chi connectivity index (χ3v) is 4.48. The first kappa shape index (κ1) is 20.4. The Balaban J connectivity index is 1.92. The summed E-state index contributed by atoms with van der Waals surface area (Å²) in [5.74, 6) is -1.52. The van der Waals surface area contributed by atoms with Crippen molar-refractivity contribution in [3.8, 4) is 16.9 Å². The summed E-state index contributed by atoms with van der Waals surface area (Å²) in [5, 5.41) is 12.5. The minimum atomic E-state index is -4.49. The number of aromatic hydroxyl groups is 1. The molecule has 3 nitrogen and oxygen atoms in total. The first-order valence-corrected chi connectivity index (χ1v) is 8.65. The van der Waals surface area contributed by atoms with Crippen molar-refractivity contribution < 1.29 is 27.5 Å². The van der Waals surface area contributed by atoms with Gasteiger partial charge in [-0.3, -0.25) is 4.79 Å². The topological polar surface area (TPSA) is 49.3 Å². The molecule has 0 aliphatic rings. The highest BCUT2D eigenvalue weighted by atomic mass is 19.4. The number of aryl methyl sites for hydroxylation is 2. The van der Waals surface area contributed by atoms with E-state index in [4.69, 9.17) is 0 Å². The molecule has 0 aromatic heterocycles. The maximum Gasteiger partial charge on any atom is 0.416 e. The molecule has 2 N–H and O–H groups in total. The third-order valence-electron chi connectivity index (χ3n) is 4.48. The van der Waals surface area contributed by atoms with Gasteiger partial charge >= 0.3 is 6.18 Å². The van der Waals surface area contributed by atoms with Crippen LogP contribution in [0, 0.1) is 19.7 Å². The van der Waals surface area contributed by atoms with Gasteiger partial charge in [0.05, 0.1) is 11.1 Å². The number of rotatable bonds is 3. The Morgan fingerprint density at radius 2 is 1.69 bits per heavy atom. The maximum absolute atomic E-state index is 14.2. The molecule has 1 amide bonds. The Bertz CT molecular complexity index is 1090. The van der Waals surface area contributed by atoms with Crippen LogP contribution >= 0.6 is 0 Å². The highest BCUT2D eigenvalue weighted by Crippen LogP contribution is 2.32. The van der Waals surface area contributed by atoms with Crippen LogP contribution in [0.1, 0.15) is 27.0 Å². The number of hydrogen-bond donors (Lipinski definition) is 2. The molecule has 29 heavy (non-hydrogen) atoms. The predicted molar refractivity (Wildman–Crippen MR) is 102 cm³/mol. The molecule has 0 bridgehead atoms. The maximum atomic E-state index is 14.2. The van der Waals surface area contributed by atoms with E-state index in [1.807, 2.05) is 0 Å². The van der Waals surface area contributed by atoms with Gasteiger partial charge < -0.3 is 10.4 Å². The molecule has 0 heterocycles. The van der Waals surface area contributed by atoms with Crippen molar-refractivity contribution in [1.29, 1.82) is 0 Å². The van der Waals surface area contributed by atoms with Crippen LogP contribution in [0.2, 0.25) is 0 Å². The summed E-state index contributed by atoms with van der Waals surface area (Å²) in [5.41, 5.74) is 0.822. The Labute approximate surface area is 164 Å². The Hall–Kier alpha value is -3.35. The number of hydrogen-bond acceptors (Lipinski definition) is 2. The number of halogens is 4. The number of carbonyl (C=O) groups excluding carboxylic acids is 1. The Morgan fingerprint density at radius 1 is 0.966 bits per heavy atom. The molecule has 0 saturated heterocycles. The molecule has 0 fully saturated rings. The van der Waals surface area contributed by atoms with Crippen LogP contribution in [0.4, 0.5) is 23.2 Å². The summed E-state index contributed by atoms with van der Waals surface area (Å²) in [4.78, 5) is 12.6. The van der Waals surface area contributed by atoms with Gasteiger partial charge in [0.15, 0.2) is 0 Å². The lowest BCUT2D eigenvalue weighted by Crippen LogP contribution is -2.14. The van der Waals surface area contributed by atoms with E-state index in [1.165, 1.54) is 31.2 Å². The van der Waals surface area contributed by atoms with Crippen LogP contribution in [0.5, 0.6) is 5.75 Å². The summed E-state index contributed by atoms with van der Waals surface area (Å²) < 4.78 is 52.6. The molecule has 0 atom stereocenters. The average molecular weight is 403 g/mol. The zero-order valence-corrected chi connectivity index (χ0v) is 15.6. The fourth-order valence-corrected chi connectivity index (χ4v) is 2.91. The zero-order valence-electron chi connectivity index (χ0n) is 15.6. The first-order valence-electron chi connectivity index (χ1n) is 8.65. The van der Waals surface area contributed by atoms with Crippen molar-refractivity contribution in [2.24, 2.45) is 0 Å². The highest BCUT2D eigenvalue weighted by Gasteiger charge is 2.30. The minimum Gasteiger partial charge on any atom is -0.507 e. The molecule has 0 aliphatic carbocycles. The second kappa shape index (κ2) is 7.58. The van der Waals surface area contributed by atoms with Crippen molar-refractivity contribution in [2.75, 3.05) is 5.32 Å². The Morgan fingerprint density at radius 3 is 2.31 bits per heavy atom. The van der Waals surface area contributed by atoms with Gasteiger partial charge in [-0.2, -0.15) is 13.2 Å². The smallest absolute Gasteiger partial charge is 0.416 e. The number of phenolic OH excluding ortho intramolecular Hbond substituents is 1. The number of phenols is 1. The number of benzene rings is 3. The van der Waals surface area contributed by atoms with Crippen molar-refractivity contribution in [3.63, 3.8) is 0 Å². The normalized spacial score (nSPS) is 11.4. The Kier molecular flexibility index (Phi) is 5.33. The summed E-state index contributed by atoms with van der Waals surface area (Å²) >= 11 is 0. The van der Waals surface area contributed by atoms with Crippen molar-refractivity contribution >= 4 is 11.6 Å². The molecule has 3 aromatic rings. The fraction of sp³-hybridized carbons (Fsp3) is 0.136. The fourth-order valence-electron chi connectivity index (χ4n) is 2.91. The van der Waals surface area contributed by atoms with Crippen LogP contribution in [0.15, 0.2) is 54.6 Å². The van der Waals surface area contributed by atoms with Gasteiger partial charge in [-0.15, -0.1) is 0 Å². The van der Waals surface area contributed by atoms with Crippen LogP contribution in [0.25, 0.3) is 11.1 Å². The van der Waals surface area contributed by atoms with Crippen molar-refractivity contribution in [2.45, 2.75) is 20.0 Å². The monoisotopic (exact) mass is 403 g/mol. The lowest BCUT2D eigenvalue weighted by atomic mass is 10.00. The van der Waals surface area contributed by atoms with Crippen LogP contribution < -0.4 is 5.32 Å². The molecular weight excluding hydrogens is 386 g/mol. The predicted octanol–water partition coefficient (Wildman–Crippen LogP) is 6.09. The van der Waals surface area contributed by atoms with Gasteiger partial charge in [-0.25, -0.2) is 4.39 Å². The molecule has 0 spiro atoms. The molecular formula is C22H17F4NO2. The molecule has 0 saturated carbocycles. The number of amides is 1. The van der Waals surface area contributed by atoms with E-state index in [9.17, 15) is 27.5 Å². The highest BCUT2D eigenvalue weighted by molar-refractivity contribution is 6.07. The van der Waals surface area contributed by atoms with Crippen molar-refractivity contribution in [3.05, 3.63) is 82.7 Å². The van der Waals surface area contributed by atoms with E-state index in [0.717, 1.165) is 23.8 Å². The molecule has 3 aromatic carbocycles. The largest absolute Gasteiger partial charge is 0.507 e. The SMILES string of the molecule is Cc1ccc(-c2ccc(O)c(C(=O)Nc3ccc(C(F)(F)F)cc3C)c2)c(F)c1. The van der Waals surface area contributed by atoms with Gasteiger partial charge in [0, 0.05) is 11.3 Å². The van der Waals surface area contributed by atoms with Gasteiger partial charge in [0.1, 0.15) is 11.6 Å². The molecule has 0 radical (unpaired) electrons. The van der Waals surface area contributed by atoms with E-state index in [2.05, 4.69) is 5.32 Å². The first-order chi connectivity index (χ1) is 13.6. The molecule has 0 unspecified atom stereocenters. The quantitative estimate of drug-likeness (QED) is 0.520. The summed E-state index contributed by atoms with van der Waals surface area (Å²) in [6, 6.07) is 11.7. The van der Waals surface area contributed by atoms with Crippen molar-refractivity contribution in [1.82, 2.24) is 0 Å². The minimum absolute atomic E-state index is 0.123. The van der Waals surface area contributed by atoms with E-state index in [0.29, 0.717) is 5.56 Å². The number of anilines is 1. The van der Waals surface area contributed by atoms with E-state index in [-0.39, 0.29) is 28.1 Å². The van der Waals surface area contributed by atoms with Gasteiger partial charge in [0.2, 0.25) is 0 Å². The summed E-state index contributed by atoms with van der Waals surface area (Å²) in [7, 11) is 0. The lowest BCUT2D eigenvalue weighted by molar-refractivity contribution is -0.137. The van der Waals surface area contributed by atoms with E-state index < -0.39 is 23.5 Å². The number of alkyl halides is 3. The standard InChI is InChI=1S/C22H17F4NO2/c1-12-3-6-16(18(23)9-12)14-4-8-20(28)17(11-14)21(29)27-19-7-5-15(10-13(19)2)22(24,25)26/h3-11,28H,1-2H3,(H,27,29). The van der Waals surface area contributed by atoms with Crippen LogP contribution in [-0.4, -0.2) is 11.0 Å². The van der Waals surface area contributed by atoms with E-state index in [1.54, 1.807) is 19.1 Å². The van der Waals surface area contributed by atoms with Gasteiger partial charge in [0.25, 0.3) is 5.91 Å². The molecule has 3 rings (SSSR count). The molecule has 0 aliphatic heterocycles. The van der Waals surface area contributed by atoms with E-state index >= 15 is 0 Å². The second-order valence-electron chi connectivity index (χ2n) is 6.70.